The van der Waals surface area contributed by atoms with Gasteiger partial charge in [0, 0.05) is 25.7 Å². The lowest BCUT2D eigenvalue weighted by Gasteiger charge is -2.23. The SMILES string of the molecule is Cc1ccccc1-c1nnc(SCC(=O)N(C)[C@@H]2CCS(=O)(=O)C2)n1C. The van der Waals surface area contributed by atoms with Crippen LogP contribution in [-0.2, 0) is 21.7 Å². The van der Waals surface area contributed by atoms with E-state index < -0.39 is 9.84 Å². The summed E-state index contributed by atoms with van der Waals surface area (Å²) in [5, 5.41) is 9.10. The van der Waals surface area contributed by atoms with Gasteiger partial charge in [0.1, 0.15) is 0 Å². The fourth-order valence-corrected chi connectivity index (χ4v) is 5.62. The standard InChI is InChI=1S/C17H22N4O3S2/c1-12-6-4-5-7-14(12)16-18-19-17(21(16)3)25-10-15(22)20(2)13-8-9-26(23,24)11-13/h4-7,13H,8-11H2,1-3H3/t13-/m1/s1. The molecule has 1 amide bonds. The Hall–Kier alpha value is -1.87. The molecule has 1 aromatic carbocycles. The third-order valence-corrected chi connectivity index (χ3v) is 7.45. The molecule has 3 rings (SSSR count). The number of carbonyl (C=O) groups is 1. The molecule has 0 aliphatic carbocycles. The zero-order valence-corrected chi connectivity index (χ0v) is 16.7. The predicted molar refractivity (Wildman–Crippen MR) is 102 cm³/mol. The summed E-state index contributed by atoms with van der Waals surface area (Å²) in [5.41, 5.74) is 2.12. The first-order valence-electron chi connectivity index (χ1n) is 8.33. The summed E-state index contributed by atoms with van der Waals surface area (Å²) in [6.07, 6.45) is 0.511. The molecule has 1 aliphatic rings. The molecule has 0 spiro atoms. The Morgan fingerprint density at radius 1 is 1.35 bits per heavy atom. The van der Waals surface area contributed by atoms with Gasteiger partial charge < -0.3 is 9.47 Å². The third kappa shape index (κ3) is 3.93. The van der Waals surface area contributed by atoms with Crippen LogP contribution in [0.1, 0.15) is 12.0 Å². The Balaban J connectivity index is 1.65. The minimum Gasteiger partial charge on any atom is -0.341 e. The van der Waals surface area contributed by atoms with Crippen molar-refractivity contribution in [2.75, 3.05) is 24.3 Å². The lowest BCUT2D eigenvalue weighted by Crippen LogP contribution is -2.38. The molecule has 140 valence electrons. The van der Waals surface area contributed by atoms with E-state index in [9.17, 15) is 13.2 Å². The summed E-state index contributed by atoms with van der Waals surface area (Å²) in [6, 6.07) is 7.72. The highest BCUT2D eigenvalue weighted by Crippen LogP contribution is 2.25. The quantitative estimate of drug-likeness (QED) is 0.715. The summed E-state index contributed by atoms with van der Waals surface area (Å²) in [4.78, 5) is 14.0. The van der Waals surface area contributed by atoms with Gasteiger partial charge >= 0.3 is 0 Å². The van der Waals surface area contributed by atoms with Crippen molar-refractivity contribution >= 4 is 27.5 Å². The predicted octanol–water partition coefficient (Wildman–Crippen LogP) is 1.53. The summed E-state index contributed by atoms with van der Waals surface area (Å²) in [7, 11) is 0.541. The molecule has 26 heavy (non-hydrogen) atoms. The summed E-state index contributed by atoms with van der Waals surface area (Å²) >= 11 is 1.31. The van der Waals surface area contributed by atoms with Crippen LogP contribution in [0.15, 0.2) is 29.4 Å². The fraction of sp³-hybridized carbons (Fsp3) is 0.471. The van der Waals surface area contributed by atoms with E-state index in [2.05, 4.69) is 10.2 Å². The van der Waals surface area contributed by atoms with Crippen molar-refractivity contribution < 1.29 is 13.2 Å². The van der Waals surface area contributed by atoms with Crippen molar-refractivity contribution in [3.63, 3.8) is 0 Å². The van der Waals surface area contributed by atoms with E-state index in [1.165, 1.54) is 11.8 Å². The number of benzene rings is 1. The normalized spacial score (nSPS) is 18.8. The first-order valence-corrected chi connectivity index (χ1v) is 11.1. The summed E-state index contributed by atoms with van der Waals surface area (Å²) in [6.45, 7) is 2.02. The van der Waals surface area contributed by atoms with Crippen LogP contribution in [0.4, 0.5) is 0 Å². The maximum absolute atomic E-state index is 12.4. The molecule has 1 aliphatic heterocycles. The zero-order valence-electron chi connectivity index (χ0n) is 15.0. The number of sulfone groups is 1. The highest BCUT2D eigenvalue weighted by molar-refractivity contribution is 7.99. The number of thioether (sulfide) groups is 1. The van der Waals surface area contributed by atoms with Crippen LogP contribution in [0.5, 0.6) is 0 Å². The lowest BCUT2D eigenvalue weighted by atomic mass is 10.1. The average Bonchev–Trinajstić information content (AvgIpc) is 3.15. The topological polar surface area (TPSA) is 85.2 Å². The van der Waals surface area contributed by atoms with Crippen LogP contribution in [-0.4, -0.2) is 64.3 Å². The second-order valence-corrected chi connectivity index (χ2v) is 9.70. The molecule has 1 atom stereocenters. The van der Waals surface area contributed by atoms with Crippen molar-refractivity contribution in [1.82, 2.24) is 19.7 Å². The van der Waals surface area contributed by atoms with Crippen LogP contribution in [0, 0.1) is 6.92 Å². The van der Waals surface area contributed by atoms with Crippen LogP contribution < -0.4 is 0 Å². The molecule has 1 aromatic heterocycles. The molecule has 2 aromatic rings. The Labute approximate surface area is 157 Å². The molecular formula is C17H22N4O3S2. The van der Waals surface area contributed by atoms with Gasteiger partial charge in [0.15, 0.2) is 20.8 Å². The number of nitrogens with zero attached hydrogens (tertiary/aromatic N) is 4. The van der Waals surface area contributed by atoms with Gasteiger partial charge in [0.25, 0.3) is 0 Å². The Kier molecular flexibility index (Phi) is 5.38. The molecule has 7 nitrogen and oxygen atoms in total. The van der Waals surface area contributed by atoms with E-state index in [-0.39, 0.29) is 29.2 Å². The van der Waals surface area contributed by atoms with Gasteiger partial charge in [0.2, 0.25) is 5.91 Å². The highest BCUT2D eigenvalue weighted by atomic mass is 32.2. The fourth-order valence-electron chi connectivity index (χ4n) is 3.01. The van der Waals surface area contributed by atoms with Crippen molar-refractivity contribution in [2.45, 2.75) is 24.5 Å². The van der Waals surface area contributed by atoms with E-state index in [0.29, 0.717) is 11.6 Å². The van der Waals surface area contributed by atoms with Gasteiger partial charge in [-0.1, -0.05) is 36.0 Å². The van der Waals surface area contributed by atoms with Gasteiger partial charge in [0.05, 0.1) is 17.3 Å². The number of amides is 1. The van der Waals surface area contributed by atoms with Gasteiger partial charge in [-0.05, 0) is 18.9 Å². The minimum atomic E-state index is -3.01. The smallest absolute Gasteiger partial charge is 0.233 e. The summed E-state index contributed by atoms with van der Waals surface area (Å²) in [5.74, 6) is 1.07. The zero-order chi connectivity index (χ0) is 18.9. The first-order chi connectivity index (χ1) is 12.3. The lowest BCUT2D eigenvalue weighted by molar-refractivity contribution is -0.128. The molecule has 0 saturated carbocycles. The second kappa shape index (κ2) is 7.40. The number of hydrogen-bond donors (Lipinski definition) is 0. The van der Waals surface area contributed by atoms with Crippen molar-refractivity contribution in [3.8, 4) is 11.4 Å². The Morgan fingerprint density at radius 2 is 2.08 bits per heavy atom. The molecule has 1 fully saturated rings. The van der Waals surface area contributed by atoms with E-state index in [1.807, 2.05) is 42.8 Å². The first kappa shape index (κ1) is 18.9. The van der Waals surface area contributed by atoms with E-state index in [4.69, 9.17) is 0 Å². The average molecular weight is 395 g/mol. The molecule has 2 heterocycles. The van der Waals surface area contributed by atoms with E-state index >= 15 is 0 Å². The van der Waals surface area contributed by atoms with E-state index in [1.54, 1.807) is 11.9 Å². The second-order valence-electron chi connectivity index (χ2n) is 6.53. The van der Waals surface area contributed by atoms with E-state index in [0.717, 1.165) is 17.0 Å². The Bertz CT molecular complexity index is 924. The van der Waals surface area contributed by atoms with Crippen LogP contribution in [0.3, 0.4) is 0 Å². The van der Waals surface area contributed by atoms with Gasteiger partial charge in [-0.2, -0.15) is 0 Å². The number of hydrogen-bond acceptors (Lipinski definition) is 6. The number of aromatic nitrogens is 3. The van der Waals surface area contributed by atoms with Crippen LogP contribution in [0.2, 0.25) is 0 Å². The molecule has 9 heteroatoms. The van der Waals surface area contributed by atoms with Gasteiger partial charge in [-0.25, -0.2) is 8.42 Å². The number of aryl methyl sites for hydroxylation is 1. The van der Waals surface area contributed by atoms with Crippen molar-refractivity contribution in [2.24, 2.45) is 7.05 Å². The van der Waals surface area contributed by atoms with Gasteiger partial charge in [-0.15, -0.1) is 10.2 Å². The van der Waals surface area contributed by atoms with Crippen LogP contribution in [0.25, 0.3) is 11.4 Å². The maximum Gasteiger partial charge on any atom is 0.233 e. The van der Waals surface area contributed by atoms with Crippen molar-refractivity contribution in [3.05, 3.63) is 29.8 Å². The summed E-state index contributed by atoms with van der Waals surface area (Å²) < 4.78 is 25.1. The molecular weight excluding hydrogens is 372 g/mol. The maximum atomic E-state index is 12.4. The molecule has 0 N–H and O–H groups in total. The molecule has 0 bridgehead atoms. The van der Waals surface area contributed by atoms with Crippen molar-refractivity contribution in [1.29, 1.82) is 0 Å². The molecule has 1 saturated heterocycles. The minimum absolute atomic E-state index is 0.0568. The van der Waals surface area contributed by atoms with Crippen LogP contribution >= 0.6 is 11.8 Å². The highest BCUT2D eigenvalue weighted by Gasteiger charge is 2.32. The molecule has 0 unspecified atom stereocenters. The monoisotopic (exact) mass is 394 g/mol. The largest absolute Gasteiger partial charge is 0.341 e. The number of rotatable bonds is 5. The van der Waals surface area contributed by atoms with Gasteiger partial charge in [-0.3, -0.25) is 4.79 Å². The Morgan fingerprint density at radius 3 is 2.73 bits per heavy atom. The molecule has 0 radical (unpaired) electrons. The number of carbonyl (C=O) groups excluding carboxylic acids is 1. The third-order valence-electron chi connectivity index (χ3n) is 4.70.